The number of methoxy groups -OCH3 is 1. The van der Waals surface area contributed by atoms with E-state index in [9.17, 15) is 19.5 Å². The molecule has 2 amide bonds. The molecule has 23 heavy (non-hydrogen) atoms. The van der Waals surface area contributed by atoms with Crippen LogP contribution < -0.4 is 0 Å². The first-order chi connectivity index (χ1) is 10.9. The van der Waals surface area contributed by atoms with Gasteiger partial charge < -0.3 is 14.6 Å². The minimum Gasteiger partial charge on any atom is -0.465 e. The Balaban J connectivity index is 2.02. The molecule has 2 aliphatic rings. The minimum absolute atomic E-state index is 0.248. The number of aliphatic hydroxyl groups is 1. The summed E-state index contributed by atoms with van der Waals surface area (Å²) in [5.74, 6) is -4.47. The van der Waals surface area contributed by atoms with Crippen molar-refractivity contribution in [3.8, 4) is 0 Å². The molecule has 1 N–H and O–H groups in total. The number of fused-ring (bicyclic) bond motifs is 1. The van der Waals surface area contributed by atoms with E-state index in [0.29, 0.717) is 6.42 Å². The second kappa shape index (κ2) is 5.43. The number of rotatable bonds is 2. The van der Waals surface area contributed by atoms with Crippen molar-refractivity contribution < 1.29 is 29.0 Å². The number of nitrogens with zero attached hydrogens (tertiary/aromatic N) is 1. The zero-order chi connectivity index (χ0) is 16.8. The van der Waals surface area contributed by atoms with E-state index in [1.165, 1.54) is 0 Å². The lowest BCUT2D eigenvalue weighted by molar-refractivity contribution is -0.272. The van der Waals surface area contributed by atoms with Gasteiger partial charge in [-0.3, -0.25) is 14.5 Å². The quantitative estimate of drug-likeness (QED) is 0.637. The normalized spacial score (nSPS) is 30.3. The largest absolute Gasteiger partial charge is 0.465 e. The molecule has 1 saturated heterocycles. The van der Waals surface area contributed by atoms with Crippen LogP contribution in [0.3, 0.4) is 0 Å². The third-order valence-electron chi connectivity index (χ3n) is 4.29. The van der Waals surface area contributed by atoms with Gasteiger partial charge in [-0.05, 0) is 31.9 Å². The van der Waals surface area contributed by atoms with Crippen LogP contribution in [0.5, 0.6) is 0 Å². The van der Waals surface area contributed by atoms with Gasteiger partial charge >= 0.3 is 5.97 Å². The van der Waals surface area contributed by atoms with Crippen LogP contribution in [0.15, 0.2) is 24.3 Å². The first-order valence-electron chi connectivity index (χ1n) is 7.35. The van der Waals surface area contributed by atoms with Gasteiger partial charge in [0.25, 0.3) is 17.6 Å². The minimum atomic E-state index is -2.36. The number of imide groups is 1. The second-order valence-electron chi connectivity index (χ2n) is 5.74. The van der Waals surface area contributed by atoms with E-state index in [4.69, 9.17) is 4.74 Å². The number of ether oxygens (including phenoxy) is 2. The van der Waals surface area contributed by atoms with Crippen LogP contribution in [0, 0.1) is 0 Å². The first-order valence-corrected chi connectivity index (χ1v) is 7.35. The van der Waals surface area contributed by atoms with Crippen molar-refractivity contribution in [2.75, 3.05) is 7.11 Å². The Bertz CT molecular complexity index is 652. The summed E-state index contributed by atoms with van der Waals surface area (Å²) in [7, 11) is 1.11. The monoisotopic (exact) mass is 319 g/mol. The summed E-state index contributed by atoms with van der Waals surface area (Å²) >= 11 is 0. The van der Waals surface area contributed by atoms with Crippen LogP contribution in [-0.4, -0.2) is 52.8 Å². The summed E-state index contributed by atoms with van der Waals surface area (Å²) in [4.78, 5) is 38.1. The van der Waals surface area contributed by atoms with Gasteiger partial charge in [0.05, 0.1) is 24.3 Å². The summed E-state index contributed by atoms with van der Waals surface area (Å²) in [5, 5.41) is 10.7. The number of esters is 1. The zero-order valence-electron chi connectivity index (χ0n) is 12.8. The highest BCUT2D eigenvalue weighted by Gasteiger charge is 2.57. The maximum atomic E-state index is 12.6. The van der Waals surface area contributed by atoms with Crippen molar-refractivity contribution >= 4 is 17.8 Å². The molecule has 3 atom stereocenters. The van der Waals surface area contributed by atoms with E-state index >= 15 is 0 Å². The average Bonchev–Trinajstić information content (AvgIpc) is 2.79. The Morgan fingerprint density at radius 1 is 1.26 bits per heavy atom. The molecule has 2 heterocycles. The molecule has 2 aliphatic heterocycles. The Hall–Kier alpha value is -2.25. The Morgan fingerprint density at radius 2 is 1.83 bits per heavy atom. The van der Waals surface area contributed by atoms with Crippen LogP contribution >= 0.6 is 0 Å². The predicted octanol–water partition coefficient (Wildman–Crippen LogP) is 0.712. The van der Waals surface area contributed by atoms with E-state index in [-0.39, 0.29) is 17.5 Å². The molecule has 7 heteroatoms. The summed E-state index contributed by atoms with van der Waals surface area (Å²) in [6.45, 7) is 1.70. The maximum absolute atomic E-state index is 12.6. The van der Waals surface area contributed by atoms with Gasteiger partial charge in [-0.2, -0.15) is 0 Å². The highest BCUT2D eigenvalue weighted by Crippen LogP contribution is 2.36. The van der Waals surface area contributed by atoms with Crippen molar-refractivity contribution in [2.24, 2.45) is 0 Å². The van der Waals surface area contributed by atoms with E-state index in [0.717, 1.165) is 12.0 Å². The molecule has 3 rings (SSSR count). The molecule has 122 valence electrons. The molecule has 0 bridgehead atoms. The molecule has 0 unspecified atom stereocenters. The van der Waals surface area contributed by atoms with Crippen LogP contribution in [0.4, 0.5) is 0 Å². The highest BCUT2D eigenvalue weighted by molar-refractivity contribution is 6.21. The molecule has 0 saturated carbocycles. The summed E-state index contributed by atoms with van der Waals surface area (Å²) in [6.07, 6.45) is 0.348. The van der Waals surface area contributed by atoms with Crippen LogP contribution in [-0.2, 0) is 14.3 Å². The Labute approximate surface area is 132 Å². The summed E-state index contributed by atoms with van der Waals surface area (Å²) < 4.78 is 10.00. The number of benzene rings is 1. The predicted molar refractivity (Wildman–Crippen MR) is 77.5 cm³/mol. The number of carbonyl (C=O) groups excluding carboxylic acids is 3. The first kappa shape index (κ1) is 15.6. The van der Waals surface area contributed by atoms with Gasteiger partial charge in [0, 0.05) is 0 Å². The molecular formula is C16H17NO6. The molecule has 0 spiro atoms. The van der Waals surface area contributed by atoms with Gasteiger partial charge in [0.15, 0.2) is 0 Å². The molecule has 1 aromatic carbocycles. The fourth-order valence-electron chi connectivity index (χ4n) is 3.16. The second-order valence-corrected chi connectivity index (χ2v) is 5.74. The Morgan fingerprint density at radius 3 is 2.35 bits per heavy atom. The smallest absolute Gasteiger partial charge is 0.368 e. The van der Waals surface area contributed by atoms with Gasteiger partial charge in [0.2, 0.25) is 0 Å². The van der Waals surface area contributed by atoms with Gasteiger partial charge in [-0.1, -0.05) is 12.1 Å². The number of carbonyl (C=O) groups is 3. The lowest BCUT2D eigenvalue weighted by Crippen LogP contribution is -2.64. The molecule has 0 aromatic heterocycles. The molecule has 7 nitrogen and oxygen atoms in total. The topological polar surface area (TPSA) is 93.1 Å². The highest BCUT2D eigenvalue weighted by atomic mass is 16.7. The van der Waals surface area contributed by atoms with Crippen LogP contribution in [0.25, 0.3) is 0 Å². The summed E-state index contributed by atoms with van der Waals surface area (Å²) in [6, 6.07) is 5.26. The number of hydrogen-bond acceptors (Lipinski definition) is 6. The van der Waals surface area contributed by atoms with Gasteiger partial charge in [0.1, 0.15) is 6.04 Å². The van der Waals surface area contributed by atoms with Crippen molar-refractivity contribution in [1.29, 1.82) is 0 Å². The van der Waals surface area contributed by atoms with Crippen LogP contribution in [0.1, 0.15) is 40.5 Å². The molecule has 1 fully saturated rings. The van der Waals surface area contributed by atoms with Crippen molar-refractivity contribution in [3.05, 3.63) is 35.4 Å². The van der Waals surface area contributed by atoms with E-state index in [1.54, 1.807) is 31.2 Å². The molecule has 0 aliphatic carbocycles. The van der Waals surface area contributed by atoms with Crippen molar-refractivity contribution in [2.45, 2.75) is 37.7 Å². The third kappa shape index (κ3) is 2.24. The number of hydrogen-bond donors (Lipinski definition) is 1. The Kier molecular flexibility index (Phi) is 3.69. The van der Waals surface area contributed by atoms with E-state index < -0.39 is 35.7 Å². The van der Waals surface area contributed by atoms with E-state index in [1.807, 2.05) is 0 Å². The lowest BCUT2D eigenvalue weighted by atomic mass is 9.94. The van der Waals surface area contributed by atoms with Crippen molar-refractivity contribution in [1.82, 2.24) is 4.90 Å². The maximum Gasteiger partial charge on any atom is 0.368 e. The molecule has 1 aromatic rings. The number of amides is 2. The fourth-order valence-corrected chi connectivity index (χ4v) is 3.16. The standard InChI is InChI=1S/C16H17NO6/c1-9-7-8-12(16(21,23-9)15(20)22-2)17-13(18)10-5-3-4-6-11(10)14(17)19/h3-6,9,12,21H,7-8H2,1-2H3/t9-,12-,16-/m1/s1. The van der Waals surface area contributed by atoms with Crippen molar-refractivity contribution in [3.63, 3.8) is 0 Å². The van der Waals surface area contributed by atoms with E-state index in [2.05, 4.69) is 4.74 Å². The third-order valence-corrected chi connectivity index (χ3v) is 4.29. The molecule has 0 radical (unpaired) electrons. The lowest BCUT2D eigenvalue weighted by Gasteiger charge is -2.42. The zero-order valence-corrected chi connectivity index (χ0v) is 12.8. The van der Waals surface area contributed by atoms with Gasteiger partial charge in [-0.25, -0.2) is 4.79 Å². The average molecular weight is 319 g/mol. The molecular weight excluding hydrogens is 302 g/mol. The van der Waals surface area contributed by atoms with Crippen LogP contribution in [0.2, 0.25) is 0 Å². The van der Waals surface area contributed by atoms with Gasteiger partial charge in [-0.15, -0.1) is 0 Å². The SMILES string of the molecule is COC(=O)[C@]1(O)O[C@H](C)CC[C@H]1N1C(=O)c2ccccc2C1=O. The fraction of sp³-hybridized carbons (Fsp3) is 0.438. The summed E-state index contributed by atoms with van der Waals surface area (Å²) in [5.41, 5.74) is 0.506.